The van der Waals surface area contributed by atoms with Crippen LogP contribution in [0.3, 0.4) is 0 Å². The molecule has 0 aliphatic carbocycles. The molecule has 1 atom stereocenters. The normalized spacial score (nSPS) is 12.8. The van der Waals surface area contributed by atoms with Gasteiger partial charge in [0.2, 0.25) is 0 Å². The van der Waals surface area contributed by atoms with Crippen LogP contribution in [-0.2, 0) is 6.54 Å². The molecule has 2 aromatic rings. The fraction of sp³-hybridized carbons (Fsp3) is 0.385. The van der Waals surface area contributed by atoms with Crippen molar-refractivity contribution in [1.29, 1.82) is 0 Å². The molecular weight excluding hydrogens is 230 g/mol. The van der Waals surface area contributed by atoms with Gasteiger partial charge in [-0.25, -0.2) is 4.98 Å². The quantitative estimate of drug-likeness (QED) is 0.810. The van der Waals surface area contributed by atoms with Gasteiger partial charge in [-0.3, -0.25) is 9.20 Å². The zero-order valence-corrected chi connectivity index (χ0v) is 10.3. The number of aromatic nitrogens is 2. The van der Waals surface area contributed by atoms with Crippen LogP contribution in [0.5, 0.6) is 0 Å². The summed E-state index contributed by atoms with van der Waals surface area (Å²) in [7, 11) is 0. The molecule has 1 unspecified atom stereocenters. The number of pyridine rings is 1. The van der Waals surface area contributed by atoms with E-state index in [1.807, 2.05) is 13.0 Å². The Balaban J connectivity index is 2.12. The SMILES string of the molecule is CCC(O)CNCc1cc(=O)n2ccccc2n1. The molecule has 18 heavy (non-hydrogen) atoms. The first kappa shape index (κ1) is 12.7. The summed E-state index contributed by atoms with van der Waals surface area (Å²) in [6.07, 6.45) is 2.05. The van der Waals surface area contributed by atoms with Crippen LogP contribution in [0, 0.1) is 0 Å². The maximum absolute atomic E-state index is 11.8. The Labute approximate surface area is 105 Å². The standard InChI is InChI=1S/C13H17N3O2/c1-2-11(17)9-14-8-10-7-13(18)16-6-4-3-5-12(16)15-10/h3-7,11,14,17H,2,8-9H2,1H3. The van der Waals surface area contributed by atoms with Crippen LogP contribution in [0.2, 0.25) is 0 Å². The van der Waals surface area contributed by atoms with Gasteiger partial charge in [0, 0.05) is 25.4 Å². The average molecular weight is 247 g/mol. The van der Waals surface area contributed by atoms with Crippen LogP contribution >= 0.6 is 0 Å². The van der Waals surface area contributed by atoms with E-state index in [1.54, 1.807) is 18.3 Å². The number of rotatable bonds is 5. The molecule has 0 saturated heterocycles. The number of aliphatic hydroxyl groups excluding tert-OH is 1. The van der Waals surface area contributed by atoms with E-state index in [1.165, 1.54) is 10.5 Å². The molecule has 2 N–H and O–H groups in total. The highest BCUT2D eigenvalue weighted by Crippen LogP contribution is 1.98. The minimum atomic E-state index is -0.355. The first-order chi connectivity index (χ1) is 8.70. The first-order valence-corrected chi connectivity index (χ1v) is 6.07. The topological polar surface area (TPSA) is 66.6 Å². The number of aliphatic hydroxyl groups is 1. The van der Waals surface area contributed by atoms with Gasteiger partial charge in [-0.15, -0.1) is 0 Å². The minimum Gasteiger partial charge on any atom is -0.392 e. The summed E-state index contributed by atoms with van der Waals surface area (Å²) >= 11 is 0. The first-order valence-electron chi connectivity index (χ1n) is 6.07. The van der Waals surface area contributed by atoms with Gasteiger partial charge < -0.3 is 10.4 Å². The molecule has 2 aromatic heterocycles. The Morgan fingerprint density at radius 2 is 2.33 bits per heavy atom. The third kappa shape index (κ3) is 2.94. The Morgan fingerprint density at radius 3 is 3.11 bits per heavy atom. The third-order valence-corrected chi connectivity index (χ3v) is 2.78. The number of hydrogen-bond donors (Lipinski definition) is 2. The molecule has 0 aliphatic rings. The Kier molecular flexibility index (Phi) is 4.07. The number of fused-ring (bicyclic) bond motifs is 1. The second-order valence-electron chi connectivity index (χ2n) is 4.21. The summed E-state index contributed by atoms with van der Waals surface area (Å²) in [4.78, 5) is 16.2. The van der Waals surface area contributed by atoms with Crippen molar-refractivity contribution in [1.82, 2.24) is 14.7 Å². The van der Waals surface area contributed by atoms with E-state index in [0.29, 0.717) is 30.9 Å². The molecule has 96 valence electrons. The lowest BCUT2D eigenvalue weighted by Gasteiger charge is -2.09. The van der Waals surface area contributed by atoms with Crippen molar-refractivity contribution in [3.63, 3.8) is 0 Å². The fourth-order valence-corrected chi connectivity index (χ4v) is 1.70. The van der Waals surface area contributed by atoms with E-state index >= 15 is 0 Å². The molecule has 0 aromatic carbocycles. The number of hydrogen-bond acceptors (Lipinski definition) is 4. The van der Waals surface area contributed by atoms with Crippen LogP contribution in [-0.4, -0.2) is 27.1 Å². The van der Waals surface area contributed by atoms with E-state index in [2.05, 4.69) is 10.3 Å². The molecule has 0 fully saturated rings. The average Bonchev–Trinajstić information content (AvgIpc) is 2.38. The van der Waals surface area contributed by atoms with Crippen molar-refractivity contribution in [2.75, 3.05) is 6.54 Å². The Bertz CT molecular complexity index is 580. The van der Waals surface area contributed by atoms with Crippen molar-refractivity contribution < 1.29 is 5.11 Å². The number of nitrogens with zero attached hydrogens (tertiary/aromatic N) is 2. The predicted octanol–water partition coefficient (Wildman–Crippen LogP) is 0.555. The zero-order chi connectivity index (χ0) is 13.0. The highest BCUT2D eigenvalue weighted by Gasteiger charge is 2.03. The maximum atomic E-state index is 11.8. The molecule has 0 saturated carbocycles. The number of nitrogens with one attached hydrogen (secondary N) is 1. The highest BCUT2D eigenvalue weighted by atomic mass is 16.3. The van der Waals surface area contributed by atoms with Crippen molar-refractivity contribution in [3.05, 3.63) is 46.5 Å². The highest BCUT2D eigenvalue weighted by molar-refractivity contribution is 5.37. The van der Waals surface area contributed by atoms with E-state index in [9.17, 15) is 9.90 Å². The molecule has 5 nitrogen and oxygen atoms in total. The van der Waals surface area contributed by atoms with Gasteiger partial charge in [0.25, 0.3) is 5.56 Å². The summed E-state index contributed by atoms with van der Waals surface area (Å²) in [5, 5.41) is 12.5. The van der Waals surface area contributed by atoms with Gasteiger partial charge in [0.05, 0.1) is 11.8 Å². The summed E-state index contributed by atoms with van der Waals surface area (Å²) in [6.45, 7) is 2.91. The predicted molar refractivity (Wildman–Crippen MR) is 69.5 cm³/mol. The molecule has 0 bridgehead atoms. The van der Waals surface area contributed by atoms with Gasteiger partial charge in [-0.2, -0.15) is 0 Å². The van der Waals surface area contributed by atoms with Crippen LogP contribution in [0.4, 0.5) is 0 Å². The summed E-state index contributed by atoms with van der Waals surface area (Å²) in [6, 6.07) is 6.95. The van der Waals surface area contributed by atoms with Crippen LogP contribution in [0.1, 0.15) is 19.0 Å². The summed E-state index contributed by atoms with van der Waals surface area (Å²) in [5.74, 6) is 0. The van der Waals surface area contributed by atoms with Crippen LogP contribution in [0.25, 0.3) is 5.65 Å². The molecule has 0 amide bonds. The van der Waals surface area contributed by atoms with Crippen molar-refractivity contribution >= 4 is 5.65 Å². The molecule has 2 rings (SSSR count). The third-order valence-electron chi connectivity index (χ3n) is 2.78. The van der Waals surface area contributed by atoms with Crippen molar-refractivity contribution in [2.45, 2.75) is 26.0 Å². The lowest BCUT2D eigenvalue weighted by atomic mass is 10.3. The van der Waals surface area contributed by atoms with E-state index in [4.69, 9.17) is 0 Å². The van der Waals surface area contributed by atoms with Gasteiger partial charge in [0.1, 0.15) is 5.65 Å². The van der Waals surface area contributed by atoms with E-state index < -0.39 is 0 Å². The molecule has 0 spiro atoms. The lowest BCUT2D eigenvalue weighted by molar-refractivity contribution is 0.167. The lowest BCUT2D eigenvalue weighted by Crippen LogP contribution is -2.27. The molecular formula is C13H17N3O2. The van der Waals surface area contributed by atoms with Gasteiger partial charge in [0.15, 0.2) is 0 Å². The largest absolute Gasteiger partial charge is 0.392 e. The molecule has 0 aliphatic heterocycles. The van der Waals surface area contributed by atoms with Crippen LogP contribution < -0.4 is 10.9 Å². The summed E-state index contributed by atoms with van der Waals surface area (Å²) in [5.41, 5.74) is 1.24. The van der Waals surface area contributed by atoms with Crippen molar-refractivity contribution in [2.24, 2.45) is 0 Å². The summed E-state index contributed by atoms with van der Waals surface area (Å²) < 4.78 is 1.50. The fourth-order valence-electron chi connectivity index (χ4n) is 1.70. The second kappa shape index (κ2) is 5.75. The Morgan fingerprint density at radius 1 is 1.50 bits per heavy atom. The maximum Gasteiger partial charge on any atom is 0.258 e. The monoisotopic (exact) mass is 247 g/mol. The molecule has 5 heteroatoms. The van der Waals surface area contributed by atoms with Gasteiger partial charge >= 0.3 is 0 Å². The van der Waals surface area contributed by atoms with Crippen molar-refractivity contribution in [3.8, 4) is 0 Å². The smallest absolute Gasteiger partial charge is 0.258 e. The van der Waals surface area contributed by atoms with Gasteiger partial charge in [-0.1, -0.05) is 13.0 Å². The van der Waals surface area contributed by atoms with Crippen LogP contribution in [0.15, 0.2) is 35.3 Å². The van der Waals surface area contributed by atoms with E-state index in [0.717, 1.165) is 0 Å². The molecule has 2 heterocycles. The molecule has 0 radical (unpaired) electrons. The minimum absolute atomic E-state index is 0.0894. The second-order valence-corrected chi connectivity index (χ2v) is 4.21. The Hall–Kier alpha value is -1.72. The van der Waals surface area contributed by atoms with E-state index in [-0.39, 0.29) is 11.7 Å². The van der Waals surface area contributed by atoms with Gasteiger partial charge in [-0.05, 0) is 18.6 Å². The zero-order valence-electron chi connectivity index (χ0n) is 10.3.